The van der Waals surface area contributed by atoms with Gasteiger partial charge in [0.25, 0.3) is 5.91 Å². The number of amides is 1. The van der Waals surface area contributed by atoms with Gasteiger partial charge in [0.05, 0.1) is 5.56 Å². The van der Waals surface area contributed by atoms with Crippen molar-refractivity contribution in [2.24, 2.45) is 5.73 Å². The summed E-state index contributed by atoms with van der Waals surface area (Å²) < 4.78 is 12.6. The molecule has 0 bridgehead atoms. The number of rotatable bonds is 1. The number of carbonyl (C=O) groups excluding carboxylic acids is 1. The number of primary amides is 1. The minimum Gasteiger partial charge on any atom is -0.507 e. The molecule has 3 N–H and O–H groups in total. The smallest absolute Gasteiger partial charge is 0.252 e. The molecule has 1 aromatic carbocycles. The maximum atomic E-state index is 12.6. The SMILES string of the molecule is Cc1cc(F)cc(C(N)=O)c1O. The van der Waals surface area contributed by atoms with Crippen LogP contribution in [0.25, 0.3) is 0 Å². The molecule has 0 spiro atoms. The fourth-order valence-electron chi connectivity index (χ4n) is 0.923. The molecule has 1 rings (SSSR count). The second kappa shape index (κ2) is 2.81. The van der Waals surface area contributed by atoms with Crippen LogP contribution < -0.4 is 5.73 Å². The van der Waals surface area contributed by atoms with Crippen LogP contribution in [-0.4, -0.2) is 11.0 Å². The van der Waals surface area contributed by atoms with Gasteiger partial charge in [-0.05, 0) is 24.6 Å². The Hall–Kier alpha value is -1.58. The van der Waals surface area contributed by atoms with Gasteiger partial charge in [0.2, 0.25) is 0 Å². The Kier molecular flexibility index (Phi) is 1.99. The number of aryl methyl sites for hydroxylation is 1. The molecule has 0 unspecified atom stereocenters. The highest BCUT2D eigenvalue weighted by molar-refractivity contribution is 5.95. The van der Waals surface area contributed by atoms with E-state index in [4.69, 9.17) is 5.73 Å². The molecule has 0 saturated carbocycles. The van der Waals surface area contributed by atoms with Crippen LogP contribution in [0.15, 0.2) is 12.1 Å². The molecule has 1 aromatic rings. The number of phenols is 1. The van der Waals surface area contributed by atoms with Gasteiger partial charge in [-0.25, -0.2) is 4.39 Å². The zero-order valence-electron chi connectivity index (χ0n) is 6.47. The van der Waals surface area contributed by atoms with Crippen LogP contribution in [-0.2, 0) is 0 Å². The number of halogens is 1. The van der Waals surface area contributed by atoms with Crippen LogP contribution in [0.5, 0.6) is 5.75 Å². The zero-order valence-corrected chi connectivity index (χ0v) is 6.47. The van der Waals surface area contributed by atoms with Crippen molar-refractivity contribution in [1.82, 2.24) is 0 Å². The summed E-state index contributed by atoms with van der Waals surface area (Å²) in [5.74, 6) is -1.68. The summed E-state index contributed by atoms with van der Waals surface area (Å²) >= 11 is 0. The number of hydrogen-bond donors (Lipinski definition) is 2. The normalized spacial score (nSPS) is 9.83. The van der Waals surface area contributed by atoms with E-state index in [0.29, 0.717) is 5.56 Å². The first kappa shape index (κ1) is 8.52. The molecular weight excluding hydrogens is 161 g/mol. The van der Waals surface area contributed by atoms with Crippen molar-refractivity contribution in [2.45, 2.75) is 6.92 Å². The monoisotopic (exact) mass is 169 g/mol. The van der Waals surface area contributed by atoms with E-state index in [-0.39, 0.29) is 11.3 Å². The van der Waals surface area contributed by atoms with Gasteiger partial charge >= 0.3 is 0 Å². The van der Waals surface area contributed by atoms with Crippen molar-refractivity contribution in [3.8, 4) is 5.75 Å². The van der Waals surface area contributed by atoms with E-state index in [0.717, 1.165) is 12.1 Å². The molecular formula is C8H8FNO2. The van der Waals surface area contributed by atoms with Gasteiger partial charge in [-0.2, -0.15) is 0 Å². The molecule has 0 aliphatic carbocycles. The van der Waals surface area contributed by atoms with E-state index in [2.05, 4.69) is 0 Å². The third kappa shape index (κ3) is 1.37. The Morgan fingerprint density at radius 1 is 1.58 bits per heavy atom. The highest BCUT2D eigenvalue weighted by Crippen LogP contribution is 2.22. The summed E-state index contributed by atoms with van der Waals surface area (Å²) in [6.45, 7) is 1.49. The van der Waals surface area contributed by atoms with E-state index in [1.165, 1.54) is 6.92 Å². The maximum absolute atomic E-state index is 12.6. The maximum Gasteiger partial charge on any atom is 0.252 e. The van der Waals surface area contributed by atoms with Gasteiger partial charge in [0.15, 0.2) is 0 Å². The van der Waals surface area contributed by atoms with E-state index in [1.54, 1.807) is 0 Å². The molecule has 0 aliphatic rings. The van der Waals surface area contributed by atoms with Crippen molar-refractivity contribution < 1.29 is 14.3 Å². The summed E-state index contributed by atoms with van der Waals surface area (Å²) in [4.78, 5) is 10.6. The lowest BCUT2D eigenvalue weighted by Crippen LogP contribution is -2.11. The molecule has 1 amide bonds. The predicted octanol–water partition coefficient (Wildman–Crippen LogP) is 0.939. The standard InChI is InChI=1S/C8H8FNO2/c1-4-2-5(9)3-6(7(4)11)8(10)12/h2-3,11H,1H3,(H2,10,12). The molecule has 4 heteroatoms. The van der Waals surface area contributed by atoms with Gasteiger partial charge in [-0.15, -0.1) is 0 Å². The van der Waals surface area contributed by atoms with Crippen LogP contribution in [0.2, 0.25) is 0 Å². The summed E-state index contributed by atoms with van der Waals surface area (Å²) in [7, 11) is 0. The lowest BCUT2D eigenvalue weighted by Gasteiger charge is -2.03. The second-order valence-corrected chi connectivity index (χ2v) is 2.48. The van der Waals surface area contributed by atoms with Crippen molar-refractivity contribution >= 4 is 5.91 Å². The molecule has 0 aliphatic heterocycles. The average molecular weight is 169 g/mol. The van der Waals surface area contributed by atoms with E-state index in [9.17, 15) is 14.3 Å². The van der Waals surface area contributed by atoms with Crippen molar-refractivity contribution in [3.05, 3.63) is 29.1 Å². The van der Waals surface area contributed by atoms with Crippen LogP contribution in [0.3, 0.4) is 0 Å². The first-order valence-electron chi connectivity index (χ1n) is 3.31. The van der Waals surface area contributed by atoms with Gasteiger partial charge in [-0.1, -0.05) is 0 Å². The third-order valence-electron chi connectivity index (χ3n) is 1.53. The first-order chi connectivity index (χ1) is 5.52. The summed E-state index contributed by atoms with van der Waals surface area (Å²) in [5, 5.41) is 9.22. The lowest BCUT2D eigenvalue weighted by atomic mass is 10.1. The molecule has 0 fully saturated rings. The number of aromatic hydroxyl groups is 1. The number of carbonyl (C=O) groups is 1. The number of benzene rings is 1. The quantitative estimate of drug-likeness (QED) is 0.657. The largest absolute Gasteiger partial charge is 0.507 e. The Labute approximate surface area is 68.6 Å². The zero-order chi connectivity index (χ0) is 9.30. The van der Waals surface area contributed by atoms with Crippen LogP contribution >= 0.6 is 0 Å². The molecule has 0 radical (unpaired) electrons. The van der Waals surface area contributed by atoms with Crippen molar-refractivity contribution in [1.29, 1.82) is 0 Å². The fourth-order valence-corrected chi connectivity index (χ4v) is 0.923. The van der Waals surface area contributed by atoms with Crippen LogP contribution in [0.4, 0.5) is 4.39 Å². The van der Waals surface area contributed by atoms with E-state index in [1.807, 2.05) is 0 Å². The minimum absolute atomic E-state index is 0.187. The third-order valence-corrected chi connectivity index (χ3v) is 1.53. The summed E-state index contributed by atoms with van der Waals surface area (Å²) in [5.41, 5.74) is 4.99. The van der Waals surface area contributed by atoms with Gasteiger partial charge in [0, 0.05) is 0 Å². The number of nitrogens with two attached hydrogens (primary N) is 1. The highest BCUT2D eigenvalue weighted by Gasteiger charge is 2.11. The summed E-state index contributed by atoms with van der Waals surface area (Å²) in [6, 6.07) is 2.03. The Balaban J connectivity index is 3.37. The predicted molar refractivity (Wildman–Crippen MR) is 41.3 cm³/mol. The fraction of sp³-hybridized carbons (Fsp3) is 0.125. The Morgan fingerprint density at radius 2 is 2.17 bits per heavy atom. The van der Waals surface area contributed by atoms with Crippen LogP contribution in [0, 0.1) is 12.7 Å². The van der Waals surface area contributed by atoms with Crippen LogP contribution in [0.1, 0.15) is 15.9 Å². The van der Waals surface area contributed by atoms with Gasteiger partial charge in [0.1, 0.15) is 11.6 Å². The first-order valence-corrected chi connectivity index (χ1v) is 3.31. The second-order valence-electron chi connectivity index (χ2n) is 2.48. The average Bonchev–Trinajstić information content (AvgIpc) is 1.96. The Morgan fingerprint density at radius 3 is 2.67 bits per heavy atom. The van der Waals surface area contributed by atoms with E-state index < -0.39 is 11.7 Å². The molecule has 0 aromatic heterocycles. The molecule has 64 valence electrons. The summed E-state index contributed by atoms with van der Waals surface area (Å²) in [6.07, 6.45) is 0. The van der Waals surface area contributed by atoms with Crippen molar-refractivity contribution in [2.75, 3.05) is 0 Å². The molecule has 0 heterocycles. The highest BCUT2D eigenvalue weighted by atomic mass is 19.1. The number of hydrogen-bond acceptors (Lipinski definition) is 2. The molecule has 0 atom stereocenters. The Bertz CT molecular complexity index is 336. The van der Waals surface area contributed by atoms with E-state index >= 15 is 0 Å². The van der Waals surface area contributed by atoms with Gasteiger partial charge < -0.3 is 10.8 Å². The molecule has 3 nitrogen and oxygen atoms in total. The van der Waals surface area contributed by atoms with Crippen molar-refractivity contribution in [3.63, 3.8) is 0 Å². The minimum atomic E-state index is -0.838. The lowest BCUT2D eigenvalue weighted by molar-refractivity contribution is 0.0997. The van der Waals surface area contributed by atoms with Gasteiger partial charge in [-0.3, -0.25) is 4.79 Å². The molecule has 12 heavy (non-hydrogen) atoms. The topological polar surface area (TPSA) is 63.3 Å². The molecule has 0 saturated heterocycles.